The maximum absolute atomic E-state index is 13.0. The van der Waals surface area contributed by atoms with Crippen LogP contribution in [-0.4, -0.2) is 19.0 Å². The molecule has 4 aromatic rings. The molecule has 2 heterocycles. The Morgan fingerprint density at radius 2 is 1.68 bits per heavy atom. The van der Waals surface area contributed by atoms with Gasteiger partial charge in [-0.25, -0.2) is 9.78 Å². The van der Waals surface area contributed by atoms with Gasteiger partial charge in [-0.2, -0.15) is 0 Å². The molecule has 0 saturated carbocycles. The fourth-order valence-electron chi connectivity index (χ4n) is 3.44. The Labute approximate surface area is 158 Å². The molecule has 0 saturated heterocycles. The van der Waals surface area contributed by atoms with Gasteiger partial charge in [0.1, 0.15) is 0 Å². The minimum absolute atomic E-state index is 0.0511. The van der Waals surface area contributed by atoms with Crippen molar-refractivity contribution in [2.24, 2.45) is 14.1 Å². The summed E-state index contributed by atoms with van der Waals surface area (Å²) >= 11 is 0. The second-order valence-corrected chi connectivity index (χ2v) is 6.71. The minimum Gasteiger partial charge on any atom is -0.295 e. The summed E-state index contributed by atoms with van der Waals surface area (Å²) in [7, 11) is 3.04. The Kier molecular flexibility index (Phi) is 3.85. The zero-order valence-electron chi connectivity index (χ0n) is 15.5. The maximum Gasteiger partial charge on any atom is 0.330 e. The van der Waals surface area contributed by atoms with E-state index in [1.807, 2.05) is 25.1 Å². The number of non-ortho nitro benzene ring substituents is 1. The first-order valence-corrected chi connectivity index (χ1v) is 8.54. The first-order valence-electron chi connectivity index (χ1n) is 8.54. The van der Waals surface area contributed by atoms with E-state index in [-0.39, 0.29) is 5.69 Å². The summed E-state index contributed by atoms with van der Waals surface area (Å²) in [6, 6.07) is 11.5. The molecule has 28 heavy (non-hydrogen) atoms. The summed E-state index contributed by atoms with van der Waals surface area (Å²) in [5.74, 6) is 0. The van der Waals surface area contributed by atoms with Crippen molar-refractivity contribution in [2.45, 2.75) is 6.92 Å². The van der Waals surface area contributed by atoms with Crippen LogP contribution >= 0.6 is 0 Å². The van der Waals surface area contributed by atoms with E-state index in [1.54, 1.807) is 19.2 Å². The zero-order valence-corrected chi connectivity index (χ0v) is 15.5. The lowest BCUT2D eigenvalue weighted by Gasteiger charge is -2.14. The van der Waals surface area contributed by atoms with Gasteiger partial charge in [0.2, 0.25) is 0 Å². The number of nitrogens with zero attached hydrogens (tertiary/aromatic N) is 4. The molecular formula is C20H16N4O4. The highest BCUT2D eigenvalue weighted by molar-refractivity contribution is 6.08. The number of nitro benzene ring substituents is 1. The van der Waals surface area contributed by atoms with Crippen LogP contribution in [0.15, 0.2) is 52.1 Å². The summed E-state index contributed by atoms with van der Waals surface area (Å²) in [4.78, 5) is 40.7. The molecule has 0 aliphatic rings. The number of aromatic nitrogens is 3. The molecule has 0 N–H and O–H groups in total. The van der Waals surface area contributed by atoms with Crippen LogP contribution in [-0.2, 0) is 14.1 Å². The molecule has 0 fully saturated rings. The second-order valence-electron chi connectivity index (χ2n) is 6.71. The lowest BCUT2D eigenvalue weighted by atomic mass is 10.0. The fourth-order valence-corrected chi connectivity index (χ4v) is 3.44. The molecule has 0 atom stereocenters. The monoisotopic (exact) mass is 376 g/mol. The molecule has 2 aromatic heterocycles. The van der Waals surface area contributed by atoms with Crippen molar-refractivity contribution in [3.8, 4) is 11.3 Å². The molecule has 8 heteroatoms. The van der Waals surface area contributed by atoms with Crippen LogP contribution in [0.5, 0.6) is 0 Å². The molecule has 0 aliphatic heterocycles. The van der Waals surface area contributed by atoms with E-state index in [9.17, 15) is 19.7 Å². The van der Waals surface area contributed by atoms with Gasteiger partial charge in [0.05, 0.1) is 27.0 Å². The summed E-state index contributed by atoms with van der Waals surface area (Å²) in [6.07, 6.45) is 0. The number of benzene rings is 2. The SMILES string of the molecule is Cc1ccc2nc(-c3ccc([N+](=O)[O-])cc3)c3c(=O)n(C)c(=O)n(C)c3c2c1. The summed E-state index contributed by atoms with van der Waals surface area (Å²) < 4.78 is 2.48. The van der Waals surface area contributed by atoms with Crippen LogP contribution in [0.2, 0.25) is 0 Å². The van der Waals surface area contributed by atoms with Crippen molar-refractivity contribution in [1.29, 1.82) is 0 Å². The minimum atomic E-state index is -0.485. The average Bonchev–Trinajstić information content (AvgIpc) is 2.69. The summed E-state index contributed by atoms with van der Waals surface area (Å²) in [5, 5.41) is 12.0. The van der Waals surface area contributed by atoms with Crippen LogP contribution in [0.3, 0.4) is 0 Å². The van der Waals surface area contributed by atoms with Crippen molar-refractivity contribution in [3.63, 3.8) is 0 Å². The Bertz CT molecular complexity index is 1400. The van der Waals surface area contributed by atoms with Crippen LogP contribution in [0.4, 0.5) is 5.69 Å². The molecule has 0 amide bonds. The molecule has 140 valence electrons. The van der Waals surface area contributed by atoms with Gasteiger partial charge in [0.25, 0.3) is 11.2 Å². The van der Waals surface area contributed by atoms with Gasteiger partial charge in [-0.1, -0.05) is 11.6 Å². The number of nitro groups is 1. The topological polar surface area (TPSA) is 100 Å². The molecule has 0 unspecified atom stereocenters. The standard InChI is InChI=1S/C20H16N4O4/c1-11-4-9-15-14(10-11)18-16(19(25)23(3)20(26)22(18)2)17(21-15)12-5-7-13(8-6-12)24(27)28/h4-10H,1-3H3. The van der Waals surface area contributed by atoms with Crippen molar-refractivity contribution in [2.75, 3.05) is 0 Å². The largest absolute Gasteiger partial charge is 0.330 e. The van der Waals surface area contributed by atoms with Crippen LogP contribution in [0.25, 0.3) is 33.1 Å². The molecule has 4 rings (SSSR count). The van der Waals surface area contributed by atoms with Gasteiger partial charge in [0.15, 0.2) is 0 Å². The van der Waals surface area contributed by atoms with E-state index in [1.165, 1.54) is 23.7 Å². The van der Waals surface area contributed by atoms with Gasteiger partial charge >= 0.3 is 5.69 Å². The number of pyridine rings is 1. The highest BCUT2D eigenvalue weighted by Gasteiger charge is 2.19. The van der Waals surface area contributed by atoms with Crippen LogP contribution in [0.1, 0.15) is 5.56 Å². The number of rotatable bonds is 2. The third-order valence-corrected chi connectivity index (χ3v) is 4.89. The van der Waals surface area contributed by atoms with Gasteiger partial charge in [-0.3, -0.25) is 24.0 Å². The lowest BCUT2D eigenvalue weighted by molar-refractivity contribution is -0.384. The molecule has 0 radical (unpaired) electrons. The summed E-state index contributed by atoms with van der Waals surface area (Å²) in [5.41, 5.74) is 2.12. The molecule has 0 aliphatic carbocycles. The van der Waals surface area contributed by atoms with Crippen molar-refractivity contribution < 1.29 is 4.92 Å². The molecule has 2 aromatic carbocycles. The Hall–Kier alpha value is -3.81. The van der Waals surface area contributed by atoms with E-state index in [2.05, 4.69) is 4.98 Å². The van der Waals surface area contributed by atoms with Crippen molar-refractivity contribution >= 4 is 27.5 Å². The third-order valence-electron chi connectivity index (χ3n) is 4.89. The quantitative estimate of drug-likeness (QED) is 0.304. The Morgan fingerprint density at radius 3 is 2.32 bits per heavy atom. The highest BCUT2D eigenvalue weighted by atomic mass is 16.6. The van der Waals surface area contributed by atoms with Gasteiger partial charge in [-0.15, -0.1) is 0 Å². The first kappa shape index (κ1) is 17.6. The number of fused-ring (bicyclic) bond motifs is 3. The smallest absolute Gasteiger partial charge is 0.295 e. The van der Waals surface area contributed by atoms with Gasteiger partial charge in [-0.05, 0) is 31.2 Å². The molecular weight excluding hydrogens is 360 g/mol. The Balaban J connectivity index is 2.23. The Morgan fingerprint density at radius 1 is 1.00 bits per heavy atom. The fraction of sp³-hybridized carbons (Fsp3) is 0.150. The number of aryl methyl sites for hydroxylation is 2. The normalized spacial score (nSPS) is 11.2. The van der Waals surface area contributed by atoms with Crippen LogP contribution in [0, 0.1) is 17.0 Å². The average molecular weight is 376 g/mol. The first-order chi connectivity index (χ1) is 13.3. The van der Waals surface area contributed by atoms with E-state index in [4.69, 9.17) is 0 Å². The van der Waals surface area contributed by atoms with Crippen LogP contribution < -0.4 is 11.2 Å². The van der Waals surface area contributed by atoms with E-state index in [0.717, 1.165) is 10.1 Å². The van der Waals surface area contributed by atoms with E-state index in [0.29, 0.717) is 33.1 Å². The van der Waals surface area contributed by atoms with Gasteiger partial charge < -0.3 is 0 Å². The third kappa shape index (κ3) is 2.50. The summed E-state index contributed by atoms with van der Waals surface area (Å²) in [6.45, 7) is 1.93. The lowest BCUT2D eigenvalue weighted by Crippen LogP contribution is -2.37. The predicted molar refractivity (Wildman–Crippen MR) is 107 cm³/mol. The van der Waals surface area contributed by atoms with Crippen molar-refractivity contribution in [1.82, 2.24) is 14.1 Å². The zero-order chi connectivity index (χ0) is 20.2. The number of hydrogen-bond acceptors (Lipinski definition) is 5. The van der Waals surface area contributed by atoms with Gasteiger partial charge in [0, 0.05) is 37.2 Å². The molecule has 0 bridgehead atoms. The number of hydrogen-bond donors (Lipinski definition) is 0. The molecule has 8 nitrogen and oxygen atoms in total. The second kappa shape index (κ2) is 6.12. The van der Waals surface area contributed by atoms with E-state index < -0.39 is 16.2 Å². The van der Waals surface area contributed by atoms with E-state index >= 15 is 0 Å². The van der Waals surface area contributed by atoms with Crippen molar-refractivity contribution in [3.05, 3.63) is 79.0 Å². The maximum atomic E-state index is 13.0. The molecule has 0 spiro atoms. The highest BCUT2D eigenvalue weighted by Crippen LogP contribution is 2.31. The predicted octanol–water partition coefficient (Wildman–Crippen LogP) is 2.67.